The Kier molecular flexibility index (Phi) is 9.83. The maximum atomic E-state index is 11.6. The third-order valence-electron chi connectivity index (χ3n) is 2.65. The zero-order valence-corrected chi connectivity index (χ0v) is 11.9. The number of carbonyl (C=O) groups excluding carboxylic acids is 1. The number of rotatable bonds is 9. The molecule has 0 atom stereocenters. The summed E-state index contributed by atoms with van der Waals surface area (Å²) in [7, 11) is 1.85. The van der Waals surface area contributed by atoms with Crippen LogP contribution in [0.2, 0.25) is 0 Å². The van der Waals surface area contributed by atoms with Gasteiger partial charge in [-0.25, -0.2) is 0 Å². The first-order valence-electron chi connectivity index (χ1n) is 6.05. The van der Waals surface area contributed by atoms with Gasteiger partial charge in [-0.05, 0) is 45.2 Å². The molecule has 0 aliphatic rings. The summed E-state index contributed by atoms with van der Waals surface area (Å²) in [6, 6.07) is 0.288. The minimum Gasteiger partial charge on any atom is -0.342 e. The highest BCUT2D eigenvalue weighted by Crippen LogP contribution is 2.01. The van der Waals surface area contributed by atoms with Crippen molar-refractivity contribution in [3.8, 4) is 0 Å². The Morgan fingerprint density at radius 1 is 1.31 bits per heavy atom. The molecule has 0 unspecified atom stereocenters. The van der Waals surface area contributed by atoms with Gasteiger partial charge in [0, 0.05) is 13.1 Å². The van der Waals surface area contributed by atoms with Crippen LogP contribution in [0, 0.1) is 0 Å². The van der Waals surface area contributed by atoms with E-state index in [-0.39, 0.29) is 11.9 Å². The largest absolute Gasteiger partial charge is 0.342 e. The first-order valence-corrected chi connectivity index (χ1v) is 7.44. The summed E-state index contributed by atoms with van der Waals surface area (Å²) in [5.74, 6) is 1.42. The second kappa shape index (κ2) is 9.97. The van der Waals surface area contributed by atoms with Crippen LogP contribution in [0.15, 0.2) is 0 Å². The van der Waals surface area contributed by atoms with Gasteiger partial charge in [-0.1, -0.05) is 6.42 Å². The molecule has 96 valence electrons. The summed E-state index contributed by atoms with van der Waals surface area (Å²) >= 11 is 1.90. The van der Waals surface area contributed by atoms with E-state index in [0.717, 1.165) is 6.54 Å². The predicted molar refractivity (Wildman–Crippen MR) is 73.0 cm³/mol. The second-order valence-corrected chi connectivity index (χ2v) is 5.31. The lowest BCUT2D eigenvalue weighted by atomic mass is 10.2. The summed E-state index contributed by atoms with van der Waals surface area (Å²) in [6.45, 7) is 5.48. The lowest BCUT2D eigenvalue weighted by Crippen LogP contribution is -2.39. The SMILES string of the molecule is CSCCCCCNCC(=O)N(C)C(C)C. The van der Waals surface area contributed by atoms with Gasteiger partial charge in [0.1, 0.15) is 0 Å². The quantitative estimate of drug-likeness (QED) is 0.631. The number of amides is 1. The number of hydrogen-bond acceptors (Lipinski definition) is 3. The van der Waals surface area contributed by atoms with Crippen molar-refractivity contribution < 1.29 is 4.79 Å². The number of unbranched alkanes of at least 4 members (excludes halogenated alkanes) is 2. The summed E-state index contributed by atoms with van der Waals surface area (Å²) in [6.07, 6.45) is 5.84. The fourth-order valence-corrected chi connectivity index (χ4v) is 1.77. The van der Waals surface area contributed by atoms with Crippen molar-refractivity contribution in [2.24, 2.45) is 0 Å². The number of likely N-dealkylation sites (N-methyl/N-ethyl adjacent to an activating group) is 1. The molecule has 0 aliphatic carbocycles. The standard InChI is InChI=1S/C12H26N2OS/c1-11(2)14(3)12(15)10-13-8-6-5-7-9-16-4/h11,13H,5-10H2,1-4H3. The molecule has 0 aromatic heterocycles. The fraction of sp³-hybridized carbons (Fsp3) is 0.917. The average molecular weight is 246 g/mol. The molecule has 1 amide bonds. The van der Waals surface area contributed by atoms with Crippen LogP contribution in [0.3, 0.4) is 0 Å². The Morgan fingerprint density at radius 3 is 2.56 bits per heavy atom. The van der Waals surface area contributed by atoms with Gasteiger partial charge < -0.3 is 10.2 Å². The van der Waals surface area contributed by atoms with E-state index in [4.69, 9.17) is 0 Å². The molecule has 0 aromatic carbocycles. The maximum absolute atomic E-state index is 11.6. The fourth-order valence-electron chi connectivity index (χ4n) is 1.28. The van der Waals surface area contributed by atoms with Gasteiger partial charge in [0.05, 0.1) is 6.54 Å². The van der Waals surface area contributed by atoms with Crippen molar-refractivity contribution >= 4 is 17.7 Å². The number of hydrogen-bond donors (Lipinski definition) is 1. The zero-order valence-electron chi connectivity index (χ0n) is 11.1. The van der Waals surface area contributed by atoms with E-state index in [1.807, 2.05) is 32.7 Å². The summed E-state index contributed by atoms with van der Waals surface area (Å²) in [5, 5.41) is 3.20. The smallest absolute Gasteiger partial charge is 0.236 e. The Bertz CT molecular complexity index is 186. The van der Waals surface area contributed by atoms with Crippen molar-refractivity contribution in [1.82, 2.24) is 10.2 Å². The highest BCUT2D eigenvalue weighted by molar-refractivity contribution is 7.98. The first-order chi connectivity index (χ1) is 7.59. The van der Waals surface area contributed by atoms with Gasteiger partial charge >= 0.3 is 0 Å². The van der Waals surface area contributed by atoms with E-state index in [1.165, 1.54) is 25.0 Å². The van der Waals surface area contributed by atoms with Crippen LogP contribution in [-0.2, 0) is 4.79 Å². The van der Waals surface area contributed by atoms with E-state index >= 15 is 0 Å². The number of carbonyl (C=O) groups is 1. The van der Waals surface area contributed by atoms with Crippen molar-refractivity contribution in [1.29, 1.82) is 0 Å². The van der Waals surface area contributed by atoms with Crippen LogP contribution in [-0.4, -0.2) is 49.0 Å². The van der Waals surface area contributed by atoms with E-state index < -0.39 is 0 Å². The first kappa shape index (κ1) is 15.8. The van der Waals surface area contributed by atoms with Crippen molar-refractivity contribution in [3.63, 3.8) is 0 Å². The van der Waals surface area contributed by atoms with Crippen LogP contribution in [0.4, 0.5) is 0 Å². The van der Waals surface area contributed by atoms with Crippen molar-refractivity contribution in [2.45, 2.75) is 39.2 Å². The lowest BCUT2D eigenvalue weighted by molar-refractivity contribution is -0.130. The van der Waals surface area contributed by atoms with E-state index in [0.29, 0.717) is 6.54 Å². The Labute approximate surface area is 104 Å². The highest BCUT2D eigenvalue weighted by atomic mass is 32.2. The summed E-state index contributed by atoms with van der Waals surface area (Å²) in [5.41, 5.74) is 0. The molecule has 0 spiro atoms. The van der Waals surface area contributed by atoms with Gasteiger partial charge in [0.25, 0.3) is 0 Å². The van der Waals surface area contributed by atoms with Crippen LogP contribution in [0.1, 0.15) is 33.1 Å². The molecule has 0 aromatic rings. The van der Waals surface area contributed by atoms with Crippen LogP contribution in [0.25, 0.3) is 0 Å². The molecule has 0 saturated heterocycles. The van der Waals surface area contributed by atoms with E-state index in [1.54, 1.807) is 4.90 Å². The van der Waals surface area contributed by atoms with Gasteiger partial charge in [-0.15, -0.1) is 0 Å². The third kappa shape index (κ3) is 7.99. The molecule has 0 fully saturated rings. The summed E-state index contributed by atoms with van der Waals surface area (Å²) < 4.78 is 0. The Hall–Kier alpha value is -0.220. The molecule has 3 nitrogen and oxygen atoms in total. The van der Waals surface area contributed by atoms with Crippen molar-refractivity contribution in [2.75, 3.05) is 32.1 Å². The average Bonchev–Trinajstić information content (AvgIpc) is 2.26. The summed E-state index contributed by atoms with van der Waals surface area (Å²) in [4.78, 5) is 13.4. The van der Waals surface area contributed by atoms with E-state index in [9.17, 15) is 4.79 Å². The van der Waals surface area contributed by atoms with Gasteiger partial charge in [-0.3, -0.25) is 4.79 Å². The van der Waals surface area contributed by atoms with Gasteiger partial charge in [0.15, 0.2) is 0 Å². The van der Waals surface area contributed by atoms with Crippen molar-refractivity contribution in [3.05, 3.63) is 0 Å². The van der Waals surface area contributed by atoms with E-state index in [2.05, 4.69) is 11.6 Å². The molecule has 0 rings (SSSR count). The molecule has 4 heteroatoms. The molecular weight excluding hydrogens is 220 g/mol. The molecule has 16 heavy (non-hydrogen) atoms. The lowest BCUT2D eigenvalue weighted by Gasteiger charge is -2.21. The molecule has 0 saturated carbocycles. The van der Waals surface area contributed by atoms with Gasteiger partial charge in [0.2, 0.25) is 5.91 Å². The normalized spacial score (nSPS) is 10.8. The molecule has 0 bridgehead atoms. The molecule has 0 radical (unpaired) electrons. The molecule has 0 heterocycles. The Balaban J connectivity index is 3.34. The van der Waals surface area contributed by atoms with Gasteiger partial charge in [-0.2, -0.15) is 11.8 Å². The Morgan fingerprint density at radius 2 is 2.00 bits per heavy atom. The minimum absolute atomic E-state index is 0.180. The monoisotopic (exact) mass is 246 g/mol. The topological polar surface area (TPSA) is 32.3 Å². The molecular formula is C12H26N2OS. The predicted octanol–water partition coefficient (Wildman–Crippen LogP) is 1.98. The molecule has 0 aliphatic heterocycles. The zero-order chi connectivity index (χ0) is 12.4. The number of nitrogens with zero attached hydrogens (tertiary/aromatic N) is 1. The minimum atomic E-state index is 0.180. The maximum Gasteiger partial charge on any atom is 0.236 e. The third-order valence-corrected chi connectivity index (χ3v) is 3.34. The second-order valence-electron chi connectivity index (χ2n) is 4.33. The van der Waals surface area contributed by atoms with Crippen LogP contribution < -0.4 is 5.32 Å². The number of thioether (sulfide) groups is 1. The van der Waals surface area contributed by atoms with Crippen LogP contribution >= 0.6 is 11.8 Å². The van der Waals surface area contributed by atoms with Crippen LogP contribution in [0.5, 0.6) is 0 Å². The number of nitrogens with one attached hydrogen (secondary N) is 1. The highest BCUT2D eigenvalue weighted by Gasteiger charge is 2.10. The molecule has 1 N–H and O–H groups in total.